The van der Waals surface area contributed by atoms with Crippen molar-refractivity contribution in [1.29, 1.82) is 0 Å². The van der Waals surface area contributed by atoms with Crippen LogP contribution in [0.3, 0.4) is 0 Å². The lowest BCUT2D eigenvalue weighted by Gasteiger charge is -2.34. The molecule has 1 fully saturated rings. The number of piperazine rings is 1. The number of nitrogens with zero attached hydrogens (tertiary/aromatic N) is 2. The summed E-state index contributed by atoms with van der Waals surface area (Å²) in [6.45, 7) is 3.42. The number of amides is 2. The van der Waals surface area contributed by atoms with Crippen LogP contribution in [0.4, 0.5) is 0 Å². The summed E-state index contributed by atoms with van der Waals surface area (Å²) < 4.78 is 5.10. The molecule has 26 heavy (non-hydrogen) atoms. The van der Waals surface area contributed by atoms with Gasteiger partial charge in [0.25, 0.3) is 11.8 Å². The van der Waals surface area contributed by atoms with Gasteiger partial charge in [0.15, 0.2) is 5.78 Å². The smallest absolute Gasteiger partial charge is 0.254 e. The Morgan fingerprint density at radius 3 is 1.92 bits per heavy atom. The maximum atomic E-state index is 12.6. The van der Waals surface area contributed by atoms with E-state index in [9.17, 15) is 14.4 Å². The number of ketones is 1. The summed E-state index contributed by atoms with van der Waals surface area (Å²) in [5.74, 6) is 0.529. The van der Waals surface area contributed by atoms with Crippen LogP contribution in [0.5, 0.6) is 5.75 Å². The largest absolute Gasteiger partial charge is 0.497 e. The minimum absolute atomic E-state index is 0.0380. The van der Waals surface area contributed by atoms with Crippen LogP contribution < -0.4 is 4.74 Å². The zero-order valence-corrected chi connectivity index (χ0v) is 15.5. The number of carbonyl (C=O) groups excluding carboxylic acids is 3. The molecule has 1 aliphatic heterocycles. The van der Waals surface area contributed by atoms with E-state index in [0.717, 1.165) is 0 Å². The second-order valence-electron chi connectivity index (χ2n) is 6.07. The maximum Gasteiger partial charge on any atom is 0.254 e. The molecule has 0 bridgehead atoms. The molecule has 1 aromatic heterocycles. The molecule has 0 aliphatic carbocycles. The topological polar surface area (TPSA) is 66.9 Å². The van der Waals surface area contributed by atoms with Crippen molar-refractivity contribution in [2.24, 2.45) is 0 Å². The standard InChI is InChI=1S/C19H20N2O4S/c1-13(22)17-11-15(12-26-17)19(24)21-9-7-20(8-10-21)18(23)14-3-5-16(25-2)6-4-14/h3-6,11-12H,7-10H2,1-2H3. The minimum atomic E-state index is -0.0923. The molecule has 0 N–H and O–H groups in total. The van der Waals surface area contributed by atoms with E-state index in [1.807, 2.05) is 0 Å². The molecule has 7 heteroatoms. The summed E-state index contributed by atoms with van der Waals surface area (Å²) in [5, 5.41) is 1.72. The highest BCUT2D eigenvalue weighted by Crippen LogP contribution is 2.19. The highest BCUT2D eigenvalue weighted by atomic mass is 32.1. The molecule has 6 nitrogen and oxygen atoms in total. The van der Waals surface area contributed by atoms with Gasteiger partial charge >= 0.3 is 0 Å². The van der Waals surface area contributed by atoms with Crippen LogP contribution in [0.1, 0.15) is 37.3 Å². The third-order valence-electron chi connectivity index (χ3n) is 4.38. The fraction of sp³-hybridized carbons (Fsp3) is 0.316. The van der Waals surface area contributed by atoms with E-state index < -0.39 is 0 Å². The monoisotopic (exact) mass is 372 g/mol. The molecular formula is C19H20N2O4S. The zero-order valence-electron chi connectivity index (χ0n) is 14.7. The molecule has 2 heterocycles. The van der Waals surface area contributed by atoms with Crippen molar-refractivity contribution in [2.45, 2.75) is 6.92 Å². The third-order valence-corrected chi connectivity index (χ3v) is 5.42. The Hall–Kier alpha value is -2.67. The molecule has 0 saturated carbocycles. The molecule has 0 atom stereocenters. The van der Waals surface area contributed by atoms with Gasteiger partial charge < -0.3 is 14.5 Å². The second kappa shape index (κ2) is 7.70. The number of hydrogen-bond acceptors (Lipinski definition) is 5. The molecule has 1 aliphatic rings. The number of benzene rings is 1. The first-order chi connectivity index (χ1) is 12.5. The van der Waals surface area contributed by atoms with Crippen molar-refractivity contribution in [3.63, 3.8) is 0 Å². The van der Waals surface area contributed by atoms with Gasteiger partial charge in [-0.1, -0.05) is 0 Å². The Bertz CT molecular complexity index is 820. The lowest BCUT2D eigenvalue weighted by Crippen LogP contribution is -2.50. The minimum Gasteiger partial charge on any atom is -0.497 e. The van der Waals surface area contributed by atoms with Gasteiger partial charge in [-0.15, -0.1) is 11.3 Å². The van der Waals surface area contributed by atoms with E-state index in [1.54, 1.807) is 52.6 Å². The molecule has 1 saturated heterocycles. The zero-order chi connectivity index (χ0) is 18.7. The van der Waals surface area contributed by atoms with E-state index in [4.69, 9.17) is 4.74 Å². The second-order valence-corrected chi connectivity index (χ2v) is 6.98. The first kappa shape index (κ1) is 18.1. The molecular weight excluding hydrogens is 352 g/mol. The molecule has 1 aromatic carbocycles. The van der Waals surface area contributed by atoms with Crippen molar-refractivity contribution < 1.29 is 19.1 Å². The molecule has 0 unspecified atom stereocenters. The van der Waals surface area contributed by atoms with Crippen LogP contribution in [0.2, 0.25) is 0 Å². The highest BCUT2D eigenvalue weighted by molar-refractivity contribution is 7.12. The predicted octanol–water partition coefficient (Wildman–Crippen LogP) is 2.56. The average Bonchev–Trinajstić information content (AvgIpc) is 3.17. The van der Waals surface area contributed by atoms with Crippen LogP contribution in [-0.4, -0.2) is 60.7 Å². The summed E-state index contributed by atoms with van der Waals surface area (Å²) >= 11 is 1.28. The van der Waals surface area contributed by atoms with Crippen LogP contribution in [0.15, 0.2) is 35.7 Å². The third kappa shape index (κ3) is 3.77. The number of methoxy groups -OCH3 is 1. The van der Waals surface area contributed by atoms with Crippen molar-refractivity contribution in [2.75, 3.05) is 33.3 Å². The van der Waals surface area contributed by atoms with E-state index >= 15 is 0 Å². The van der Waals surface area contributed by atoms with Gasteiger partial charge in [-0.2, -0.15) is 0 Å². The van der Waals surface area contributed by atoms with Crippen molar-refractivity contribution in [3.8, 4) is 5.75 Å². The van der Waals surface area contributed by atoms with Crippen molar-refractivity contribution in [3.05, 3.63) is 51.7 Å². The molecule has 0 spiro atoms. The number of Topliss-reactive ketones (excluding diaryl/α,β-unsaturated/α-hetero) is 1. The van der Waals surface area contributed by atoms with E-state index in [1.165, 1.54) is 18.3 Å². The van der Waals surface area contributed by atoms with Crippen LogP contribution in [-0.2, 0) is 0 Å². The number of carbonyl (C=O) groups is 3. The van der Waals surface area contributed by atoms with Gasteiger partial charge in [0.05, 0.1) is 17.6 Å². The summed E-state index contributed by atoms with van der Waals surface area (Å²) in [6, 6.07) is 8.65. The molecule has 3 rings (SSSR count). The molecule has 0 radical (unpaired) electrons. The molecule has 2 aromatic rings. The normalized spacial score (nSPS) is 14.2. The first-order valence-corrected chi connectivity index (χ1v) is 9.19. The van der Waals surface area contributed by atoms with Crippen molar-refractivity contribution >= 4 is 28.9 Å². The van der Waals surface area contributed by atoms with Gasteiger partial charge in [-0.05, 0) is 37.3 Å². The van der Waals surface area contributed by atoms with Gasteiger partial charge in [0.1, 0.15) is 5.75 Å². The Morgan fingerprint density at radius 2 is 1.46 bits per heavy atom. The number of rotatable bonds is 4. The Kier molecular flexibility index (Phi) is 5.37. The lowest BCUT2D eigenvalue weighted by molar-refractivity contribution is 0.0535. The predicted molar refractivity (Wildman–Crippen MR) is 99.1 cm³/mol. The number of hydrogen-bond donors (Lipinski definition) is 0. The van der Waals surface area contributed by atoms with Gasteiger partial charge in [0.2, 0.25) is 0 Å². The fourth-order valence-electron chi connectivity index (χ4n) is 2.84. The maximum absolute atomic E-state index is 12.6. The van der Waals surface area contributed by atoms with Crippen LogP contribution >= 0.6 is 11.3 Å². The quantitative estimate of drug-likeness (QED) is 0.774. The van der Waals surface area contributed by atoms with E-state index in [-0.39, 0.29) is 17.6 Å². The van der Waals surface area contributed by atoms with Crippen LogP contribution in [0.25, 0.3) is 0 Å². The van der Waals surface area contributed by atoms with E-state index in [0.29, 0.717) is 47.9 Å². The molecule has 2 amide bonds. The summed E-state index contributed by atoms with van der Waals surface area (Å²) in [4.78, 5) is 40.6. The SMILES string of the molecule is COc1ccc(C(=O)N2CCN(C(=O)c3csc(C(C)=O)c3)CC2)cc1. The van der Waals surface area contributed by atoms with Crippen molar-refractivity contribution in [1.82, 2.24) is 9.80 Å². The fourth-order valence-corrected chi connectivity index (χ4v) is 3.63. The lowest BCUT2D eigenvalue weighted by atomic mass is 10.1. The average molecular weight is 372 g/mol. The van der Waals surface area contributed by atoms with Gasteiger partial charge in [0, 0.05) is 37.1 Å². The van der Waals surface area contributed by atoms with Gasteiger partial charge in [-0.25, -0.2) is 0 Å². The Morgan fingerprint density at radius 1 is 0.923 bits per heavy atom. The Labute approximate surface area is 156 Å². The number of thiophene rings is 1. The van der Waals surface area contributed by atoms with Crippen LogP contribution in [0, 0.1) is 0 Å². The van der Waals surface area contributed by atoms with Gasteiger partial charge in [-0.3, -0.25) is 14.4 Å². The molecule has 136 valence electrons. The number of ether oxygens (including phenoxy) is 1. The first-order valence-electron chi connectivity index (χ1n) is 8.31. The highest BCUT2D eigenvalue weighted by Gasteiger charge is 2.26. The Balaban J connectivity index is 1.60. The summed E-state index contributed by atoms with van der Waals surface area (Å²) in [6.07, 6.45) is 0. The summed E-state index contributed by atoms with van der Waals surface area (Å²) in [5.41, 5.74) is 1.14. The summed E-state index contributed by atoms with van der Waals surface area (Å²) in [7, 11) is 1.58. The van der Waals surface area contributed by atoms with E-state index in [2.05, 4.69) is 0 Å².